The van der Waals surface area contributed by atoms with Crippen LogP contribution in [0, 0.1) is 0 Å². The Morgan fingerprint density at radius 1 is 0.478 bits per heavy atom. The van der Waals surface area contributed by atoms with Crippen molar-refractivity contribution < 1.29 is 62.0 Å². The first kappa shape index (κ1) is 50.7. The van der Waals surface area contributed by atoms with Crippen LogP contribution in [0.5, 0.6) is 0 Å². The summed E-state index contributed by atoms with van der Waals surface area (Å²) in [6, 6.07) is 48.1. The summed E-state index contributed by atoms with van der Waals surface area (Å²) < 4.78 is 67.7. The molecule has 67 heavy (non-hydrogen) atoms. The van der Waals surface area contributed by atoms with E-state index in [1.54, 1.807) is 0 Å². The van der Waals surface area contributed by atoms with Crippen molar-refractivity contribution in [2.45, 2.75) is 98.2 Å². The van der Waals surface area contributed by atoms with Gasteiger partial charge in [0.2, 0.25) is 3.79 Å². The smallest absolute Gasteiger partial charge is 0.431 e. The summed E-state index contributed by atoms with van der Waals surface area (Å²) in [4.78, 5) is 12.9. The maximum atomic E-state index is 12.9. The van der Waals surface area contributed by atoms with E-state index < -0.39 is 78.0 Å². The first-order valence-electron chi connectivity index (χ1n) is 21.9. The molecule has 0 aromatic heterocycles. The number of hydrogen-bond donors (Lipinski definition) is 1. The molecule has 5 aromatic rings. The van der Waals surface area contributed by atoms with Crippen molar-refractivity contribution in [3.05, 3.63) is 179 Å². The predicted octanol–water partition coefficient (Wildman–Crippen LogP) is 8.91. The summed E-state index contributed by atoms with van der Waals surface area (Å²) in [7, 11) is 1.44. The fourth-order valence-corrected chi connectivity index (χ4v) is 7.85. The molecule has 0 aliphatic carbocycles. The van der Waals surface area contributed by atoms with Gasteiger partial charge in [-0.05, 0) is 27.8 Å². The normalized spacial score (nSPS) is 25.3. The van der Waals surface area contributed by atoms with E-state index in [1.165, 1.54) is 7.11 Å². The highest BCUT2D eigenvalue weighted by atomic mass is 35.6. The molecule has 358 valence electrons. The van der Waals surface area contributed by atoms with Gasteiger partial charge in [-0.25, -0.2) is 4.79 Å². The van der Waals surface area contributed by atoms with Crippen LogP contribution in [0.25, 0.3) is 0 Å². The van der Waals surface area contributed by atoms with Crippen molar-refractivity contribution >= 4 is 41.0 Å². The number of carbonyl (C=O) groups excluding carboxylic acids is 1. The Kier molecular flexibility index (Phi) is 19.7. The summed E-state index contributed by atoms with van der Waals surface area (Å²) in [5.74, 6) is 0. The molecule has 0 bridgehead atoms. The Morgan fingerprint density at radius 3 is 1.25 bits per heavy atom. The average Bonchev–Trinajstić information content (AvgIpc) is 3.35. The van der Waals surface area contributed by atoms with Crippen LogP contribution < -0.4 is 0 Å². The van der Waals surface area contributed by atoms with Crippen LogP contribution in [0.2, 0.25) is 0 Å². The number of carbonyl (C=O) groups is 1. The van der Waals surface area contributed by atoms with Gasteiger partial charge < -0.3 is 57.2 Å². The van der Waals surface area contributed by atoms with Gasteiger partial charge in [0.1, 0.15) is 62.0 Å². The molecule has 0 amide bonds. The third kappa shape index (κ3) is 15.7. The van der Waals surface area contributed by atoms with Crippen molar-refractivity contribution in [1.82, 2.24) is 0 Å². The Hall–Kier alpha value is -4.16. The topological polar surface area (TPSA) is 139 Å². The van der Waals surface area contributed by atoms with Crippen molar-refractivity contribution in [3.8, 4) is 0 Å². The van der Waals surface area contributed by atoms with Crippen LogP contribution >= 0.6 is 34.8 Å². The zero-order chi connectivity index (χ0) is 46.9. The van der Waals surface area contributed by atoms with Gasteiger partial charge in [-0.1, -0.05) is 186 Å². The minimum absolute atomic E-state index is 0.145. The van der Waals surface area contributed by atoms with Gasteiger partial charge in [-0.2, -0.15) is 0 Å². The minimum atomic E-state index is -1.87. The van der Waals surface area contributed by atoms with Crippen LogP contribution in [0.1, 0.15) is 27.8 Å². The summed E-state index contributed by atoms with van der Waals surface area (Å²) >= 11 is 17.6. The third-order valence-corrected chi connectivity index (χ3v) is 11.3. The van der Waals surface area contributed by atoms with E-state index >= 15 is 0 Å². The lowest BCUT2D eigenvalue weighted by Crippen LogP contribution is -2.63. The molecule has 16 heteroatoms. The largest absolute Gasteiger partial charge is 0.508 e. The van der Waals surface area contributed by atoms with Gasteiger partial charge in [0.15, 0.2) is 12.6 Å². The summed E-state index contributed by atoms with van der Waals surface area (Å²) in [6.07, 6.45) is -11.1. The second-order valence-corrected chi connectivity index (χ2v) is 18.4. The summed E-state index contributed by atoms with van der Waals surface area (Å²) in [5.41, 5.74) is 4.44. The number of hydrogen-bond acceptors (Lipinski definition) is 13. The molecule has 0 saturated carbocycles. The van der Waals surface area contributed by atoms with E-state index in [2.05, 4.69) is 0 Å². The third-order valence-electron chi connectivity index (χ3n) is 11.0. The van der Waals surface area contributed by atoms with Gasteiger partial charge >= 0.3 is 6.16 Å². The van der Waals surface area contributed by atoms with Gasteiger partial charge in [-0.3, -0.25) is 0 Å². The molecule has 0 radical (unpaired) electrons. The molecule has 1 unspecified atom stereocenters. The lowest BCUT2D eigenvalue weighted by molar-refractivity contribution is -0.347. The number of alkyl halides is 3. The first-order valence-corrected chi connectivity index (χ1v) is 23.0. The van der Waals surface area contributed by atoms with Crippen LogP contribution in [0.4, 0.5) is 4.79 Å². The molecular weight excluding hydrogens is 927 g/mol. The van der Waals surface area contributed by atoms with Crippen LogP contribution in [0.15, 0.2) is 152 Å². The summed E-state index contributed by atoms with van der Waals surface area (Å²) in [6.45, 7) is -0.316. The molecule has 1 N–H and O–H groups in total. The number of rotatable bonds is 22. The Balaban J connectivity index is 1.21. The molecule has 10 atom stereocenters. The molecule has 2 heterocycles. The summed E-state index contributed by atoms with van der Waals surface area (Å²) in [5, 5.41) is 11.7. The van der Waals surface area contributed by atoms with E-state index in [0.717, 1.165) is 27.8 Å². The van der Waals surface area contributed by atoms with Crippen LogP contribution in [-0.2, 0) is 85.1 Å². The predicted molar refractivity (Wildman–Crippen MR) is 249 cm³/mol. The zero-order valence-electron chi connectivity index (χ0n) is 36.8. The molecule has 2 saturated heterocycles. The van der Waals surface area contributed by atoms with Gasteiger partial charge in [-0.15, -0.1) is 0 Å². The number of ether oxygens (including phenoxy) is 11. The Labute approximate surface area is 405 Å². The van der Waals surface area contributed by atoms with E-state index in [-0.39, 0.29) is 46.2 Å². The Bertz CT molecular complexity index is 2160. The molecule has 2 aliphatic rings. The second kappa shape index (κ2) is 26.0. The van der Waals surface area contributed by atoms with Gasteiger partial charge in [0.05, 0.1) is 39.6 Å². The number of aliphatic hydroxyl groups excluding tert-OH is 1. The highest BCUT2D eigenvalue weighted by molar-refractivity contribution is 6.67. The van der Waals surface area contributed by atoms with E-state index in [4.69, 9.17) is 86.9 Å². The van der Waals surface area contributed by atoms with Crippen molar-refractivity contribution in [1.29, 1.82) is 0 Å². The molecule has 13 nitrogen and oxygen atoms in total. The Morgan fingerprint density at radius 2 is 0.836 bits per heavy atom. The number of aliphatic hydroxyl groups is 1. The molecular formula is C51H55Cl3O13. The van der Waals surface area contributed by atoms with E-state index in [9.17, 15) is 9.90 Å². The zero-order valence-corrected chi connectivity index (χ0v) is 39.1. The standard InChI is InChI=1S/C51H55Cl3O13/c1-57-48-42(55)45(60-29-37-21-11-4-12-22-37)43(58-27-35-17-7-2-8-18-35)40(66-48)32-63-49-47(62-31-39-25-15-6-16-26-39)46(61-30-38-23-13-5-14-24-38)44(59-28-36-19-9-3-10-20-36)41(67-49)33-64-50(56)65-34-51(52,53)54/h2-26,40-49,55H,27-34H2,1H3/t40-,41-,42-,43-,44-,45-,46+,47-,48+,49?/m1/s1. The maximum absolute atomic E-state index is 12.9. The highest BCUT2D eigenvalue weighted by Crippen LogP contribution is 2.34. The molecule has 2 fully saturated rings. The van der Waals surface area contributed by atoms with Crippen molar-refractivity contribution in [3.63, 3.8) is 0 Å². The van der Waals surface area contributed by atoms with Gasteiger partial charge in [0.25, 0.3) is 0 Å². The molecule has 2 aliphatic heterocycles. The highest BCUT2D eigenvalue weighted by Gasteiger charge is 2.52. The van der Waals surface area contributed by atoms with E-state index in [0.29, 0.717) is 0 Å². The number of halogens is 3. The average molecular weight is 982 g/mol. The second-order valence-electron chi connectivity index (χ2n) is 15.9. The van der Waals surface area contributed by atoms with Crippen LogP contribution in [-0.4, -0.2) is 103 Å². The molecule has 7 rings (SSSR count). The number of methoxy groups -OCH3 is 1. The fourth-order valence-electron chi connectivity index (χ4n) is 7.69. The lowest BCUT2D eigenvalue weighted by atomic mass is 9.97. The first-order chi connectivity index (χ1) is 32.6. The van der Waals surface area contributed by atoms with Gasteiger partial charge in [0, 0.05) is 7.11 Å². The molecule has 5 aromatic carbocycles. The SMILES string of the molecule is CO[C@H]1O[C@H](COC2O[C@H](COC(=O)OCC(Cl)(Cl)Cl)[C@@H](OCc3ccccc3)[C@H](OCc3ccccc3)[C@H]2OCc2ccccc2)[C@@H](OCc2ccccc2)[C@H](OCc2ccccc2)[C@H]1O. The quantitative estimate of drug-likeness (QED) is 0.0522. The lowest BCUT2D eigenvalue weighted by Gasteiger charge is -2.47. The van der Waals surface area contributed by atoms with Crippen molar-refractivity contribution in [2.75, 3.05) is 26.9 Å². The van der Waals surface area contributed by atoms with Crippen LogP contribution in [0.3, 0.4) is 0 Å². The van der Waals surface area contributed by atoms with E-state index in [1.807, 2.05) is 152 Å². The molecule has 0 spiro atoms. The van der Waals surface area contributed by atoms with Crippen molar-refractivity contribution in [2.24, 2.45) is 0 Å². The minimum Gasteiger partial charge on any atom is -0.431 e. The maximum Gasteiger partial charge on any atom is 0.508 e. The number of benzene rings is 5. The fraction of sp³-hybridized carbons (Fsp3) is 0.392. The monoisotopic (exact) mass is 980 g/mol.